The van der Waals surface area contributed by atoms with Gasteiger partial charge in [-0.25, -0.2) is 0 Å². The Morgan fingerprint density at radius 3 is 3.08 bits per heavy atom. The number of carbonyl (C=O) groups is 1. The van der Waals surface area contributed by atoms with Gasteiger partial charge in [-0.3, -0.25) is 4.79 Å². The van der Waals surface area contributed by atoms with Crippen LogP contribution in [0.1, 0.15) is 40.0 Å². The third-order valence-corrected chi connectivity index (χ3v) is 5.62. The molecule has 0 aliphatic heterocycles. The van der Waals surface area contributed by atoms with E-state index in [-0.39, 0.29) is 5.91 Å². The van der Waals surface area contributed by atoms with Gasteiger partial charge in [0.05, 0.1) is 11.1 Å². The van der Waals surface area contributed by atoms with Crippen LogP contribution in [0.15, 0.2) is 16.7 Å². The number of hydrogen-bond donors (Lipinski definition) is 2. The van der Waals surface area contributed by atoms with Crippen LogP contribution in [-0.4, -0.2) is 11.1 Å². The zero-order valence-electron chi connectivity index (χ0n) is 13.6. The lowest BCUT2D eigenvalue weighted by molar-refractivity contribution is -0.356. The summed E-state index contributed by atoms with van der Waals surface area (Å²) < 4.78 is 4.97. The van der Waals surface area contributed by atoms with Gasteiger partial charge >= 0.3 is 0 Å². The van der Waals surface area contributed by atoms with Gasteiger partial charge in [0.15, 0.2) is 11.5 Å². The van der Waals surface area contributed by atoms with E-state index in [1.54, 1.807) is 13.0 Å². The van der Waals surface area contributed by atoms with Crippen molar-refractivity contribution in [3.63, 3.8) is 0 Å². The highest BCUT2D eigenvalue weighted by Gasteiger charge is 2.26. The van der Waals surface area contributed by atoms with Crippen LogP contribution in [0.2, 0.25) is 0 Å². The highest BCUT2D eigenvalue weighted by molar-refractivity contribution is 7.20. The summed E-state index contributed by atoms with van der Waals surface area (Å²) in [6.07, 6.45) is 3.29. The third-order valence-electron chi connectivity index (χ3n) is 4.49. The Morgan fingerprint density at radius 2 is 2.33 bits per heavy atom. The summed E-state index contributed by atoms with van der Waals surface area (Å²) in [5, 5.41) is 7.44. The number of pyridine rings is 1. The van der Waals surface area contributed by atoms with Gasteiger partial charge in [-0.1, -0.05) is 23.4 Å². The summed E-state index contributed by atoms with van der Waals surface area (Å²) in [4.78, 5) is 17.4. The number of amides is 1. The first-order valence-electron chi connectivity index (χ1n) is 8.02. The maximum absolute atomic E-state index is 12.5. The lowest BCUT2D eigenvalue weighted by atomic mass is 9.87. The average molecular weight is 343 g/mol. The monoisotopic (exact) mass is 343 g/mol. The molecule has 1 aliphatic carbocycles. The van der Waals surface area contributed by atoms with Crippen LogP contribution in [-0.2, 0) is 12.8 Å². The molecule has 0 fully saturated rings. The van der Waals surface area contributed by atoms with Gasteiger partial charge in [0.1, 0.15) is 10.6 Å². The zero-order chi connectivity index (χ0) is 16.8. The Labute approximate surface area is 143 Å². The fraction of sp³-hybridized carbons (Fsp3) is 0.353. The van der Waals surface area contributed by atoms with E-state index in [1.807, 2.05) is 0 Å². The molecule has 24 heavy (non-hydrogen) atoms. The molecule has 3 aromatic heterocycles. The highest BCUT2D eigenvalue weighted by atomic mass is 32.1. The maximum atomic E-state index is 12.5. The molecule has 124 valence electrons. The number of aromatic amines is 1. The first-order valence-corrected chi connectivity index (χ1v) is 8.83. The molecular weight excluding hydrogens is 324 g/mol. The van der Waals surface area contributed by atoms with Crippen molar-refractivity contribution in [3.05, 3.63) is 34.0 Å². The summed E-state index contributed by atoms with van der Waals surface area (Å²) >= 11 is 1.38. The van der Waals surface area contributed by atoms with E-state index in [0.717, 1.165) is 23.1 Å². The smallest absolute Gasteiger partial charge is 0.270 e. The zero-order valence-corrected chi connectivity index (χ0v) is 14.4. The topological polar surface area (TPSA) is 95.3 Å². The molecule has 1 unspecified atom stereocenters. The van der Waals surface area contributed by atoms with E-state index in [2.05, 4.69) is 28.4 Å². The van der Waals surface area contributed by atoms with Crippen molar-refractivity contribution in [1.82, 2.24) is 5.16 Å². The molecule has 0 saturated carbocycles. The highest BCUT2D eigenvalue weighted by Crippen LogP contribution is 2.34. The van der Waals surface area contributed by atoms with Crippen LogP contribution in [0.4, 0.5) is 11.5 Å². The Morgan fingerprint density at radius 1 is 1.50 bits per heavy atom. The van der Waals surface area contributed by atoms with Crippen LogP contribution < -0.4 is 16.0 Å². The largest absolute Gasteiger partial charge is 0.397 e. The summed E-state index contributed by atoms with van der Waals surface area (Å²) in [5.41, 5.74) is 9.35. The normalized spacial score (nSPS) is 17.0. The Hall–Kier alpha value is -2.41. The van der Waals surface area contributed by atoms with Gasteiger partial charge in [-0.15, -0.1) is 0 Å². The van der Waals surface area contributed by atoms with Crippen molar-refractivity contribution < 1.29 is 14.3 Å². The molecule has 3 aromatic rings. The second-order valence-corrected chi connectivity index (χ2v) is 7.51. The van der Waals surface area contributed by atoms with E-state index < -0.39 is 0 Å². The number of nitrogens with zero attached hydrogens (tertiary/aromatic N) is 1. The van der Waals surface area contributed by atoms with Gasteiger partial charge in [0.25, 0.3) is 10.7 Å². The molecule has 0 aromatic carbocycles. The van der Waals surface area contributed by atoms with Crippen molar-refractivity contribution in [2.24, 2.45) is 5.92 Å². The second kappa shape index (κ2) is 5.59. The molecule has 0 saturated heterocycles. The predicted molar refractivity (Wildman–Crippen MR) is 93.2 cm³/mol. The number of nitrogens with one attached hydrogen (secondary N) is 2. The summed E-state index contributed by atoms with van der Waals surface area (Å²) in [6.45, 7) is 4.04. The molecule has 3 heterocycles. The lowest BCUT2D eigenvalue weighted by Crippen LogP contribution is -2.21. The molecule has 4 N–H and O–H groups in total. The number of nitrogen functional groups attached to an aromatic ring is 1. The van der Waals surface area contributed by atoms with E-state index in [4.69, 9.17) is 10.3 Å². The van der Waals surface area contributed by atoms with Crippen molar-refractivity contribution in [2.75, 3.05) is 11.1 Å². The van der Waals surface area contributed by atoms with Gasteiger partial charge in [-0.05, 0) is 31.7 Å². The Kier molecular flexibility index (Phi) is 3.53. The van der Waals surface area contributed by atoms with Gasteiger partial charge < -0.3 is 15.6 Å². The fourth-order valence-electron chi connectivity index (χ4n) is 3.21. The van der Waals surface area contributed by atoms with Gasteiger partial charge in [-0.2, -0.15) is 4.98 Å². The van der Waals surface area contributed by atoms with Crippen LogP contribution >= 0.6 is 11.3 Å². The van der Waals surface area contributed by atoms with Gasteiger partial charge in [0, 0.05) is 18.1 Å². The second-order valence-electron chi connectivity index (χ2n) is 6.49. The summed E-state index contributed by atoms with van der Waals surface area (Å²) in [7, 11) is 0. The number of nitrogens with two attached hydrogens (primary N) is 1. The molecule has 4 rings (SSSR count). The Bertz CT molecular complexity index is 944. The number of aromatic nitrogens is 2. The quantitative estimate of drug-likeness (QED) is 0.748. The number of anilines is 2. The number of fused-ring (bicyclic) bond motifs is 2. The minimum Gasteiger partial charge on any atom is -0.397 e. The molecule has 1 aliphatic rings. The molecule has 6 nitrogen and oxygen atoms in total. The summed E-state index contributed by atoms with van der Waals surface area (Å²) in [5.74, 6) is 1.46. The van der Waals surface area contributed by atoms with Crippen LogP contribution in [0.3, 0.4) is 0 Å². The van der Waals surface area contributed by atoms with E-state index >= 15 is 0 Å². The van der Waals surface area contributed by atoms with Gasteiger partial charge in [0.2, 0.25) is 0 Å². The molecule has 0 bridgehead atoms. The number of hydrogen-bond acceptors (Lipinski definition) is 5. The van der Waals surface area contributed by atoms with Crippen molar-refractivity contribution in [2.45, 2.75) is 33.1 Å². The van der Waals surface area contributed by atoms with E-state index in [0.29, 0.717) is 28.1 Å². The maximum Gasteiger partial charge on any atom is 0.270 e. The number of rotatable bonds is 2. The van der Waals surface area contributed by atoms with Crippen LogP contribution in [0, 0.1) is 12.8 Å². The minimum absolute atomic E-state index is 0.262. The lowest BCUT2D eigenvalue weighted by Gasteiger charge is -2.16. The first-order chi connectivity index (χ1) is 11.5. The molecule has 0 spiro atoms. The number of thiophene rings is 1. The van der Waals surface area contributed by atoms with E-state index in [1.165, 1.54) is 29.0 Å². The number of aryl methyl sites for hydroxylation is 2. The van der Waals surface area contributed by atoms with Crippen LogP contribution in [0.5, 0.6) is 0 Å². The number of carbonyl (C=O) groups excluding carboxylic acids is 1. The van der Waals surface area contributed by atoms with Crippen LogP contribution in [0.25, 0.3) is 10.2 Å². The van der Waals surface area contributed by atoms with E-state index in [9.17, 15) is 4.79 Å². The standard InChI is InChI=1S/C17H18N4O2S/c1-8-3-4-12-10(5-8)7-11-14(18)15(24-17(11)19-12)16(22)20-13-6-9(2)23-21-13/h6-8H,3-5,18H2,1-2H3,(H,20,21,22)/p+1. The Balaban J connectivity index is 1.71. The first kappa shape index (κ1) is 15.1. The molecule has 7 heteroatoms. The molecule has 0 radical (unpaired) electrons. The average Bonchev–Trinajstić information content (AvgIpc) is 3.09. The third kappa shape index (κ3) is 2.54. The SMILES string of the molecule is Cc1cc(NC(=O)c2sc3[nH+]c4c(cc3c2N)CC(C)CC4)no1. The molecule has 1 amide bonds. The van der Waals surface area contributed by atoms with Crippen molar-refractivity contribution >= 4 is 39.0 Å². The predicted octanol–water partition coefficient (Wildman–Crippen LogP) is 2.97. The minimum atomic E-state index is -0.262. The summed E-state index contributed by atoms with van der Waals surface area (Å²) in [6, 6.07) is 3.81. The van der Waals surface area contributed by atoms with Crippen molar-refractivity contribution in [3.8, 4) is 0 Å². The molecular formula is C17H19N4O2S+. The number of H-pyrrole nitrogens is 1. The van der Waals surface area contributed by atoms with Crippen molar-refractivity contribution in [1.29, 1.82) is 0 Å². The fourth-order valence-corrected chi connectivity index (χ4v) is 4.23. The molecule has 1 atom stereocenters.